The van der Waals surface area contributed by atoms with Crippen molar-refractivity contribution in [3.05, 3.63) is 56.8 Å². The van der Waals surface area contributed by atoms with E-state index in [9.17, 15) is 0 Å². The van der Waals surface area contributed by atoms with Gasteiger partial charge in [-0.2, -0.15) is 0 Å². The zero-order valence-electron chi connectivity index (χ0n) is 15.5. The van der Waals surface area contributed by atoms with Crippen LogP contribution in [0, 0.1) is 0 Å². The zero-order chi connectivity index (χ0) is 17.2. The molecule has 1 aromatic carbocycles. The molecular formula is C21H29N3S. The van der Waals surface area contributed by atoms with Crippen molar-refractivity contribution in [1.82, 2.24) is 14.7 Å². The second-order valence-electron chi connectivity index (χ2n) is 7.85. The summed E-state index contributed by atoms with van der Waals surface area (Å²) in [6.45, 7) is 7.95. The maximum absolute atomic E-state index is 2.58. The van der Waals surface area contributed by atoms with Crippen molar-refractivity contribution in [3.8, 4) is 0 Å². The third-order valence-corrected chi connectivity index (χ3v) is 6.31. The number of hydrogen-bond donors (Lipinski definition) is 0. The second kappa shape index (κ2) is 7.58. The Labute approximate surface area is 155 Å². The Morgan fingerprint density at radius 1 is 1.00 bits per heavy atom. The molecular weight excluding hydrogens is 326 g/mol. The molecule has 1 aromatic heterocycles. The van der Waals surface area contributed by atoms with Crippen molar-refractivity contribution >= 4 is 11.3 Å². The van der Waals surface area contributed by atoms with Gasteiger partial charge < -0.3 is 0 Å². The van der Waals surface area contributed by atoms with Gasteiger partial charge in [-0.1, -0.05) is 18.2 Å². The van der Waals surface area contributed by atoms with Gasteiger partial charge in [0.2, 0.25) is 0 Å². The van der Waals surface area contributed by atoms with Crippen molar-refractivity contribution in [2.24, 2.45) is 0 Å². The van der Waals surface area contributed by atoms with E-state index in [1.54, 1.807) is 0 Å². The van der Waals surface area contributed by atoms with Gasteiger partial charge in [-0.05, 0) is 73.7 Å². The van der Waals surface area contributed by atoms with Crippen LogP contribution >= 0.6 is 11.3 Å². The molecule has 1 saturated heterocycles. The van der Waals surface area contributed by atoms with Crippen molar-refractivity contribution in [3.63, 3.8) is 0 Å². The van der Waals surface area contributed by atoms with E-state index in [1.807, 2.05) is 11.3 Å². The maximum Gasteiger partial charge on any atom is 0.0328 e. The summed E-state index contributed by atoms with van der Waals surface area (Å²) in [6.07, 6.45) is 2.74. The van der Waals surface area contributed by atoms with Crippen LogP contribution in [-0.2, 0) is 32.7 Å². The molecule has 3 heterocycles. The molecule has 2 aromatic rings. The molecule has 0 spiro atoms. The minimum atomic E-state index is 1.02. The monoisotopic (exact) mass is 355 g/mol. The lowest BCUT2D eigenvalue weighted by molar-refractivity contribution is 0.320. The van der Waals surface area contributed by atoms with Gasteiger partial charge in [-0.25, -0.2) is 0 Å². The highest BCUT2D eigenvalue weighted by molar-refractivity contribution is 7.10. The zero-order valence-corrected chi connectivity index (χ0v) is 16.3. The average molecular weight is 356 g/mol. The molecule has 2 aliphatic rings. The number of likely N-dealkylation sites (tertiary alicyclic amines) is 1. The number of benzene rings is 1. The molecule has 4 heteroatoms. The van der Waals surface area contributed by atoms with E-state index in [0.29, 0.717) is 0 Å². The number of nitrogens with zero attached hydrogens (tertiary/aromatic N) is 3. The molecule has 0 bridgehead atoms. The summed E-state index contributed by atoms with van der Waals surface area (Å²) in [5.41, 5.74) is 5.94. The minimum absolute atomic E-state index is 1.02. The summed E-state index contributed by atoms with van der Waals surface area (Å²) in [6, 6.07) is 9.45. The number of hydrogen-bond acceptors (Lipinski definition) is 4. The number of thiophene rings is 1. The standard InChI is InChI=1S/C21H29N3S/c1-22(11-17-5-6-19-13-23(2)14-20(19)9-17)15-21-10-18(16-25-21)12-24-7-3-4-8-24/h5-6,9-10,16H,3-4,7-8,11-15H2,1-2H3. The van der Waals surface area contributed by atoms with Gasteiger partial charge in [-0.3, -0.25) is 14.7 Å². The van der Waals surface area contributed by atoms with Gasteiger partial charge in [-0.15, -0.1) is 11.3 Å². The molecule has 3 nitrogen and oxygen atoms in total. The minimum Gasteiger partial charge on any atom is -0.299 e. The summed E-state index contributed by atoms with van der Waals surface area (Å²) in [5.74, 6) is 0. The van der Waals surface area contributed by atoms with Crippen LogP contribution in [0.15, 0.2) is 29.6 Å². The van der Waals surface area contributed by atoms with Crippen LogP contribution in [-0.4, -0.2) is 41.9 Å². The van der Waals surface area contributed by atoms with Crippen LogP contribution in [0.4, 0.5) is 0 Å². The van der Waals surface area contributed by atoms with Gasteiger partial charge in [0.15, 0.2) is 0 Å². The summed E-state index contributed by atoms with van der Waals surface area (Å²) >= 11 is 1.92. The Morgan fingerprint density at radius 2 is 1.80 bits per heavy atom. The number of rotatable bonds is 6. The first-order valence-electron chi connectivity index (χ1n) is 9.42. The van der Waals surface area contributed by atoms with E-state index >= 15 is 0 Å². The molecule has 0 amide bonds. The van der Waals surface area contributed by atoms with E-state index in [4.69, 9.17) is 0 Å². The lowest BCUT2D eigenvalue weighted by atomic mass is 10.1. The van der Waals surface area contributed by atoms with Crippen molar-refractivity contribution in [2.45, 2.75) is 45.6 Å². The van der Waals surface area contributed by atoms with E-state index in [1.165, 1.54) is 53.1 Å². The summed E-state index contributed by atoms with van der Waals surface area (Å²) < 4.78 is 0. The lowest BCUT2D eigenvalue weighted by Crippen LogP contribution is -2.18. The lowest BCUT2D eigenvalue weighted by Gasteiger charge is -2.16. The smallest absolute Gasteiger partial charge is 0.0328 e. The van der Waals surface area contributed by atoms with Gasteiger partial charge in [0.1, 0.15) is 0 Å². The Hall–Kier alpha value is -1.20. The third kappa shape index (κ3) is 4.32. The molecule has 0 radical (unpaired) electrons. The van der Waals surface area contributed by atoms with Crippen LogP contribution in [0.1, 0.15) is 40.0 Å². The van der Waals surface area contributed by atoms with Crippen LogP contribution in [0.25, 0.3) is 0 Å². The van der Waals surface area contributed by atoms with Crippen molar-refractivity contribution < 1.29 is 0 Å². The first-order chi connectivity index (χ1) is 12.2. The fourth-order valence-corrected chi connectivity index (χ4v) is 5.10. The fraction of sp³-hybridized carbons (Fsp3) is 0.524. The molecule has 2 aliphatic heterocycles. The summed E-state index contributed by atoms with van der Waals surface area (Å²) in [7, 11) is 4.43. The third-order valence-electron chi connectivity index (χ3n) is 5.34. The van der Waals surface area contributed by atoms with Crippen molar-refractivity contribution in [1.29, 1.82) is 0 Å². The summed E-state index contributed by atoms with van der Waals surface area (Å²) in [4.78, 5) is 8.88. The highest BCUT2D eigenvalue weighted by Gasteiger charge is 2.16. The predicted molar refractivity (Wildman–Crippen MR) is 106 cm³/mol. The average Bonchev–Trinajstić information content (AvgIpc) is 3.28. The Bertz CT molecular complexity index is 718. The van der Waals surface area contributed by atoms with Gasteiger partial charge in [0, 0.05) is 37.6 Å². The van der Waals surface area contributed by atoms with E-state index < -0.39 is 0 Å². The first kappa shape index (κ1) is 17.2. The quantitative estimate of drug-likeness (QED) is 0.777. The highest BCUT2D eigenvalue weighted by Crippen LogP contribution is 2.24. The molecule has 1 fully saturated rings. The molecule has 4 rings (SSSR count). The Kier molecular flexibility index (Phi) is 5.23. The van der Waals surface area contributed by atoms with E-state index in [-0.39, 0.29) is 0 Å². The Morgan fingerprint density at radius 3 is 2.64 bits per heavy atom. The van der Waals surface area contributed by atoms with Gasteiger partial charge >= 0.3 is 0 Å². The second-order valence-corrected chi connectivity index (χ2v) is 8.85. The summed E-state index contributed by atoms with van der Waals surface area (Å²) in [5, 5.41) is 2.35. The molecule has 0 saturated carbocycles. The Balaban J connectivity index is 1.32. The number of fused-ring (bicyclic) bond motifs is 1. The van der Waals surface area contributed by atoms with Crippen LogP contribution in [0.2, 0.25) is 0 Å². The molecule has 0 aliphatic carbocycles. The highest BCUT2D eigenvalue weighted by atomic mass is 32.1. The van der Waals surface area contributed by atoms with Gasteiger partial charge in [0.05, 0.1) is 0 Å². The van der Waals surface area contributed by atoms with Gasteiger partial charge in [0.25, 0.3) is 0 Å². The SMILES string of the molecule is CN(Cc1ccc2c(c1)CN(C)C2)Cc1cc(CN2CCCC2)cs1. The molecule has 0 N–H and O–H groups in total. The largest absolute Gasteiger partial charge is 0.299 e. The topological polar surface area (TPSA) is 9.72 Å². The van der Waals surface area contributed by atoms with Crippen molar-refractivity contribution in [2.75, 3.05) is 27.2 Å². The predicted octanol–water partition coefficient (Wildman–Crippen LogP) is 3.92. The molecule has 0 unspecified atom stereocenters. The van der Waals surface area contributed by atoms with E-state index in [2.05, 4.69) is 58.4 Å². The fourth-order valence-electron chi connectivity index (χ4n) is 4.14. The molecule has 134 valence electrons. The normalized spacial score (nSPS) is 18.4. The van der Waals surface area contributed by atoms with Crippen LogP contribution in [0.3, 0.4) is 0 Å². The van der Waals surface area contributed by atoms with Crippen LogP contribution < -0.4 is 0 Å². The van der Waals surface area contributed by atoms with Crippen LogP contribution in [0.5, 0.6) is 0 Å². The first-order valence-corrected chi connectivity index (χ1v) is 10.3. The molecule has 0 atom stereocenters. The maximum atomic E-state index is 2.58. The van der Waals surface area contributed by atoms with E-state index in [0.717, 1.165) is 32.7 Å². The molecule has 25 heavy (non-hydrogen) atoms.